The van der Waals surface area contributed by atoms with Gasteiger partial charge in [0.15, 0.2) is 0 Å². The van der Waals surface area contributed by atoms with Crippen LogP contribution in [0.4, 0.5) is 11.4 Å². The Morgan fingerprint density at radius 1 is 1.41 bits per heavy atom. The second-order valence-corrected chi connectivity index (χ2v) is 5.06. The number of nitrogens with two attached hydrogens (primary N) is 1. The molecule has 0 fully saturated rings. The van der Waals surface area contributed by atoms with E-state index in [4.69, 9.17) is 5.73 Å². The van der Waals surface area contributed by atoms with E-state index in [0.717, 1.165) is 39.7 Å². The molecule has 0 unspecified atom stereocenters. The van der Waals surface area contributed by atoms with Gasteiger partial charge in [-0.3, -0.25) is 4.98 Å². The van der Waals surface area contributed by atoms with Gasteiger partial charge in [-0.15, -0.1) is 0 Å². The molecule has 0 aliphatic heterocycles. The molecule has 0 aliphatic carbocycles. The average molecular weight is 294 g/mol. The van der Waals surface area contributed by atoms with Crippen LogP contribution in [-0.2, 0) is 0 Å². The number of nitrogens with zero attached hydrogens (tertiary/aromatic N) is 2. The number of hydrogen-bond donors (Lipinski definition) is 1. The normalized spacial score (nSPS) is 10.8. The van der Waals surface area contributed by atoms with Gasteiger partial charge in [-0.05, 0) is 40.5 Å². The molecule has 3 nitrogen and oxygen atoms in total. The van der Waals surface area contributed by atoms with E-state index in [1.165, 1.54) is 0 Å². The Morgan fingerprint density at radius 3 is 2.88 bits per heavy atom. The predicted molar refractivity (Wildman–Crippen MR) is 77.4 cm³/mol. The molecule has 0 spiro atoms. The Kier molecular flexibility index (Phi) is 3.52. The SMILES string of the molecule is CCCN(C)c1ccc(N)c2cc(Br)cnc12. The molecule has 0 atom stereocenters. The molecule has 1 heterocycles. The molecule has 1 aromatic carbocycles. The van der Waals surface area contributed by atoms with Crippen molar-refractivity contribution in [3.8, 4) is 0 Å². The summed E-state index contributed by atoms with van der Waals surface area (Å²) in [6.45, 7) is 3.18. The van der Waals surface area contributed by atoms with Gasteiger partial charge < -0.3 is 10.6 Å². The van der Waals surface area contributed by atoms with E-state index in [1.807, 2.05) is 24.4 Å². The van der Waals surface area contributed by atoms with E-state index in [2.05, 4.69) is 39.8 Å². The zero-order valence-electron chi connectivity index (χ0n) is 10.1. The fraction of sp³-hybridized carbons (Fsp3) is 0.308. The van der Waals surface area contributed by atoms with E-state index in [-0.39, 0.29) is 0 Å². The predicted octanol–water partition coefficient (Wildman–Crippen LogP) is 3.43. The van der Waals surface area contributed by atoms with Crippen LogP contribution in [0.15, 0.2) is 28.9 Å². The van der Waals surface area contributed by atoms with E-state index in [9.17, 15) is 0 Å². The van der Waals surface area contributed by atoms with Gasteiger partial charge in [0.2, 0.25) is 0 Å². The minimum Gasteiger partial charge on any atom is -0.398 e. The summed E-state index contributed by atoms with van der Waals surface area (Å²) >= 11 is 3.43. The Hall–Kier alpha value is -1.29. The van der Waals surface area contributed by atoms with Gasteiger partial charge in [-0.1, -0.05) is 6.92 Å². The molecule has 0 saturated heterocycles. The Bertz CT molecular complexity index is 539. The zero-order valence-corrected chi connectivity index (χ0v) is 11.7. The fourth-order valence-corrected chi connectivity index (χ4v) is 2.30. The third-order valence-electron chi connectivity index (χ3n) is 2.80. The lowest BCUT2D eigenvalue weighted by atomic mass is 10.1. The van der Waals surface area contributed by atoms with Crippen LogP contribution in [0.3, 0.4) is 0 Å². The molecule has 2 N–H and O–H groups in total. The third kappa shape index (κ3) is 2.36. The number of hydrogen-bond acceptors (Lipinski definition) is 3. The van der Waals surface area contributed by atoms with Crippen molar-refractivity contribution >= 4 is 38.2 Å². The summed E-state index contributed by atoms with van der Waals surface area (Å²) in [5, 5.41) is 1.000. The average Bonchev–Trinajstić information content (AvgIpc) is 2.30. The van der Waals surface area contributed by atoms with Crippen LogP contribution in [0.5, 0.6) is 0 Å². The molecule has 0 amide bonds. The topological polar surface area (TPSA) is 42.1 Å². The number of anilines is 2. The maximum Gasteiger partial charge on any atom is 0.0956 e. The van der Waals surface area contributed by atoms with Crippen LogP contribution < -0.4 is 10.6 Å². The Labute approximate surface area is 110 Å². The summed E-state index contributed by atoms with van der Waals surface area (Å²) in [5.74, 6) is 0. The van der Waals surface area contributed by atoms with Crippen LogP contribution in [0.1, 0.15) is 13.3 Å². The van der Waals surface area contributed by atoms with Gasteiger partial charge in [0.1, 0.15) is 0 Å². The Morgan fingerprint density at radius 2 is 2.18 bits per heavy atom. The number of nitrogen functional groups attached to an aromatic ring is 1. The van der Waals surface area contributed by atoms with E-state index in [1.54, 1.807) is 0 Å². The molecule has 1 aromatic heterocycles. The molecule has 17 heavy (non-hydrogen) atoms. The lowest BCUT2D eigenvalue weighted by Gasteiger charge is -2.20. The highest BCUT2D eigenvalue weighted by atomic mass is 79.9. The van der Waals surface area contributed by atoms with Gasteiger partial charge in [0.25, 0.3) is 0 Å². The molecular weight excluding hydrogens is 278 g/mol. The third-order valence-corrected chi connectivity index (χ3v) is 3.23. The van der Waals surface area contributed by atoms with Crippen molar-refractivity contribution in [3.63, 3.8) is 0 Å². The first-order chi connectivity index (χ1) is 8.13. The van der Waals surface area contributed by atoms with Crippen molar-refractivity contribution in [3.05, 3.63) is 28.9 Å². The molecule has 2 rings (SSSR count). The monoisotopic (exact) mass is 293 g/mol. The minimum absolute atomic E-state index is 0.766. The number of fused-ring (bicyclic) bond motifs is 1. The standard InChI is InChI=1S/C13H16BrN3/c1-3-6-17(2)12-5-4-11(15)10-7-9(14)8-16-13(10)12/h4-5,7-8H,3,6,15H2,1-2H3. The molecule has 0 bridgehead atoms. The van der Waals surface area contributed by atoms with Gasteiger partial charge in [-0.25, -0.2) is 0 Å². The lowest BCUT2D eigenvalue weighted by molar-refractivity contribution is 0.854. The lowest BCUT2D eigenvalue weighted by Crippen LogP contribution is -2.18. The summed E-state index contributed by atoms with van der Waals surface area (Å²) in [4.78, 5) is 6.69. The second kappa shape index (κ2) is 4.92. The molecule has 4 heteroatoms. The Balaban J connectivity index is 2.61. The van der Waals surface area contributed by atoms with E-state index < -0.39 is 0 Å². The smallest absolute Gasteiger partial charge is 0.0956 e. The molecule has 90 valence electrons. The number of rotatable bonds is 3. The maximum absolute atomic E-state index is 5.99. The highest BCUT2D eigenvalue weighted by Gasteiger charge is 2.09. The number of pyridine rings is 1. The van der Waals surface area contributed by atoms with Crippen LogP contribution >= 0.6 is 15.9 Å². The van der Waals surface area contributed by atoms with Gasteiger partial charge >= 0.3 is 0 Å². The number of benzene rings is 1. The van der Waals surface area contributed by atoms with Gasteiger partial charge in [0, 0.05) is 35.3 Å². The molecule has 2 aromatic rings. The summed E-state index contributed by atoms with van der Waals surface area (Å²) in [6.07, 6.45) is 2.92. The van der Waals surface area contributed by atoms with Crippen LogP contribution in [0.25, 0.3) is 10.9 Å². The molecular formula is C13H16BrN3. The minimum atomic E-state index is 0.766. The largest absolute Gasteiger partial charge is 0.398 e. The first-order valence-electron chi connectivity index (χ1n) is 5.68. The summed E-state index contributed by atoms with van der Waals surface area (Å²) in [6, 6.07) is 5.99. The van der Waals surface area contributed by atoms with E-state index >= 15 is 0 Å². The van der Waals surface area contributed by atoms with Crippen molar-refractivity contribution in [2.45, 2.75) is 13.3 Å². The maximum atomic E-state index is 5.99. The van der Waals surface area contributed by atoms with Crippen molar-refractivity contribution < 1.29 is 0 Å². The number of aromatic nitrogens is 1. The van der Waals surface area contributed by atoms with Crippen molar-refractivity contribution in [2.75, 3.05) is 24.2 Å². The summed E-state index contributed by atoms with van der Waals surface area (Å²) < 4.78 is 0.951. The van der Waals surface area contributed by atoms with E-state index in [0.29, 0.717) is 0 Å². The highest BCUT2D eigenvalue weighted by molar-refractivity contribution is 9.10. The first-order valence-corrected chi connectivity index (χ1v) is 6.47. The van der Waals surface area contributed by atoms with Gasteiger partial charge in [0.05, 0.1) is 11.2 Å². The molecule has 0 aliphatic rings. The highest BCUT2D eigenvalue weighted by Crippen LogP contribution is 2.30. The first kappa shape index (κ1) is 12.2. The van der Waals surface area contributed by atoms with Crippen LogP contribution in [-0.4, -0.2) is 18.6 Å². The van der Waals surface area contributed by atoms with Crippen molar-refractivity contribution in [1.82, 2.24) is 4.98 Å². The van der Waals surface area contributed by atoms with Gasteiger partial charge in [-0.2, -0.15) is 0 Å². The molecule has 0 saturated carbocycles. The molecule has 0 radical (unpaired) electrons. The van der Waals surface area contributed by atoms with Crippen molar-refractivity contribution in [2.24, 2.45) is 0 Å². The second-order valence-electron chi connectivity index (χ2n) is 4.15. The number of halogens is 1. The summed E-state index contributed by atoms with van der Waals surface area (Å²) in [7, 11) is 2.08. The van der Waals surface area contributed by atoms with Crippen LogP contribution in [0.2, 0.25) is 0 Å². The summed E-state index contributed by atoms with van der Waals surface area (Å²) in [5.41, 5.74) is 8.85. The zero-order chi connectivity index (χ0) is 12.4. The fourth-order valence-electron chi connectivity index (χ4n) is 1.96. The quantitative estimate of drug-likeness (QED) is 0.882. The van der Waals surface area contributed by atoms with Crippen LogP contribution in [0, 0.1) is 0 Å². The van der Waals surface area contributed by atoms with Crippen molar-refractivity contribution in [1.29, 1.82) is 0 Å².